The Morgan fingerprint density at radius 2 is 2.46 bits per heavy atom. The van der Waals surface area contributed by atoms with Gasteiger partial charge in [-0.25, -0.2) is 4.98 Å². The van der Waals surface area contributed by atoms with Gasteiger partial charge in [-0.2, -0.15) is 11.8 Å². The van der Waals surface area contributed by atoms with E-state index in [-0.39, 0.29) is 5.54 Å². The first-order chi connectivity index (χ1) is 6.24. The molecule has 72 valence electrons. The van der Waals surface area contributed by atoms with Crippen molar-refractivity contribution in [2.75, 3.05) is 6.26 Å². The Morgan fingerprint density at radius 1 is 1.69 bits per heavy atom. The van der Waals surface area contributed by atoms with Crippen LogP contribution >= 0.6 is 23.1 Å². The van der Waals surface area contributed by atoms with Crippen LogP contribution in [0.4, 0.5) is 0 Å². The monoisotopic (exact) mass is 214 g/mol. The van der Waals surface area contributed by atoms with Crippen LogP contribution in [0.3, 0.4) is 0 Å². The number of thioether (sulfide) groups is 1. The topological polar surface area (TPSA) is 38.9 Å². The fourth-order valence-corrected chi connectivity index (χ4v) is 3.17. The summed E-state index contributed by atoms with van der Waals surface area (Å²) >= 11 is 3.55. The predicted octanol–water partition coefficient (Wildman–Crippen LogP) is 2.34. The molecule has 0 unspecified atom stereocenters. The first-order valence-electron chi connectivity index (χ1n) is 4.47. The Morgan fingerprint density at radius 3 is 3.00 bits per heavy atom. The van der Waals surface area contributed by atoms with Crippen LogP contribution in [0.5, 0.6) is 0 Å². The highest BCUT2D eigenvalue weighted by atomic mass is 32.2. The molecule has 2 N–H and O–H groups in total. The summed E-state index contributed by atoms with van der Waals surface area (Å²) in [6.45, 7) is 0. The second-order valence-electron chi connectivity index (χ2n) is 3.57. The average molecular weight is 214 g/mol. The number of aromatic nitrogens is 1. The quantitative estimate of drug-likeness (QED) is 0.839. The highest BCUT2D eigenvalue weighted by molar-refractivity contribution is 7.97. The average Bonchev–Trinajstić information content (AvgIpc) is 2.50. The van der Waals surface area contributed by atoms with Crippen molar-refractivity contribution >= 4 is 23.1 Å². The summed E-state index contributed by atoms with van der Waals surface area (Å²) in [6, 6.07) is 0. The van der Waals surface area contributed by atoms with E-state index < -0.39 is 0 Å². The summed E-state index contributed by atoms with van der Waals surface area (Å²) in [4.78, 5) is 4.57. The molecule has 0 aliphatic heterocycles. The maximum Gasteiger partial charge on any atom is 0.103 e. The van der Waals surface area contributed by atoms with Crippen LogP contribution in [0.1, 0.15) is 30.0 Å². The molecule has 1 aliphatic rings. The Balaban J connectivity index is 2.12. The molecule has 0 saturated heterocycles. The summed E-state index contributed by atoms with van der Waals surface area (Å²) in [7, 11) is 0. The van der Waals surface area contributed by atoms with Gasteiger partial charge in [0.1, 0.15) is 5.01 Å². The van der Waals surface area contributed by atoms with Crippen molar-refractivity contribution in [2.24, 2.45) is 5.73 Å². The largest absolute Gasteiger partial charge is 0.320 e. The SMILES string of the molecule is CSCc1nc(C2(N)CCC2)cs1. The fraction of sp³-hybridized carbons (Fsp3) is 0.667. The van der Waals surface area contributed by atoms with Gasteiger partial charge in [0.05, 0.1) is 11.2 Å². The zero-order valence-electron chi connectivity index (χ0n) is 7.75. The van der Waals surface area contributed by atoms with Gasteiger partial charge in [-0.1, -0.05) is 0 Å². The summed E-state index contributed by atoms with van der Waals surface area (Å²) in [5.74, 6) is 1.01. The van der Waals surface area contributed by atoms with E-state index in [4.69, 9.17) is 5.73 Å². The fourth-order valence-electron chi connectivity index (χ4n) is 1.54. The van der Waals surface area contributed by atoms with Crippen LogP contribution < -0.4 is 5.73 Å². The smallest absolute Gasteiger partial charge is 0.103 e. The molecule has 4 heteroatoms. The van der Waals surface area contributed by atoms with Crippen LogP contribution in [-0.4, -0.2) is 11.2 Å². The Kier molecular flexibility index (Phi) is 2.62. The van der Waals surface area contributed by atoms with E-state index in [2.05, 4.69) is 16.6 Å². The van der Waals surface area contributed by atoms with Crippen molar-refractivity contribution in [3.8, 4) is 0 Å². The first-order valence-corrected chi connectivity index (χ1v) is 6.75. The lowest BCUT2D eigenvalue weighted by atomic mass is 9.76. The molecular weight excluding hydrogens is 200 g/mol. The number of rotatable bonds is 3. The summed E-state index contributed by atoms with van der Waals surface area (Å²) < 4.78 is 0. The zero-order valence-corrected chi connectivity index (χ0v) is 9.38. The van der Waals surface area contributed by atoms with E-state index in [1.165, 1.54) is 11.4 Å². The third kappa shape index (κ3) is 1.75. The Labute approximate surface area is 86.9 Å². The summed E-state index contributed by atoms with van der Waals surface area (Å²) in [6.07, 6.45) is 5.57. The van der Waals surface area contributed by atoms with Crippen LogP contribution in [-0.2, 0) is 11.3 Å². The van der Waals surface area contributed by atoms with Gasteiger partial charge in [-0.05, 0) is 25.5 Å². The van der Waals surface area contributed by atoms with E-state index in [0.29, 0.717) is 0 Å². The van der Waals surface area contributed by atoms with E-state index >= 15 is 0 Å². The molecule has 13 heavy (non-hydrogen) atoms. The molecular formula is C9H14N2S2. The van der Waals surface area contributed by atoms with Gasteiger partial charge in [0.2, 0.25) is 0 Å². The molecule has 2 nitrogen and oxygen atoms in total. The summed E-state index contributed by atoms with van der Waals surface area (Å²) in [5, 5.41) is 3.34. The second kappa shape index (κ2) is 3.59. The van der Waals surface area contributed by atoms with E-state index in [0.717, 1.165) is 24.3 Å². The van der Waals surface area contributed by atoms with Crippen molar-refractivity contribution in [1.82, 2.24) is 4.98 Å². The Bertz CT molecular complexity index is 292. The number of hydrogen-bond donors (Lipinski definition) is 1. The number of nitrogens with two attached hydrogens (primary N) is 1. The number of thiazole rings is 1. The molecule has 1 saturated carbocycles. The highest BCUT2D eigenvalue weighted by Crippen LogP contribution is 2.38. The van der Waals surface area contributed by atoms with Crippen molar-refractivity contribution in [3.05, 3.63) is 16.1 Å². The van der Waals surface area contributed by atoms with Gasteiger partial charge in [0.25, 0.3) is 0 Å². The van der Waals surface area contributed by atoms with Crippen molar-refractivity contribution in [1.29, 1.82) is 0 Å². The molecule has 0 radical (unpaired) electrons. The van der Waals surface area contributed by atoms with Crippen LogP contribution in [0, 0.1) is 0 Å². The molecule has 1 aliphatic carbocycles. The molecule has 0 amide bonds. The maximum atomic E-state index is 6.17. The Hall–Kier alpha value is -0.0600. The van der Waals surface area contributed by atoms with Crippen molar-refractivity contribution in [3.63, 3.8) is 0 Å². The number of hydrogen-bond acceptors (Lipinski definition) is 4. The second-order valence-corrected chi connectivity index (χ2v) is 5.38. The van der Waals surface area contributed by atoms with Crippen molar-refractivity contribution in [2.45, 2.75) is 30.6 Å². The van der Waals surface area contributed by atoms with Gasteiger partial charge in [0, 0.05) is 11.1 Å². The normalized spacial score (nSPS) is 19.8. The molecule has 2 rings (SSSR count). The maximum absolute atomic E-state index is 6.17. The third-order valence-corrected chi connectivity index (χ3v) is 4.17. The lowest BCUT2D eigenvalue weighted by Gasteiger charge is -2.36. The van der Waals surface area contributed by atoms with E-state index in [9.17, 15) is 0 Å². The number of nitrogens with zero attached hydrogens (tertiary/aromatic N) is 1. The zero-order chi connectivity index (χ0) is 9.31. The minimum atomic E-state index is -0.0762. The van der Waals surface area contributed by atoms with E-state index in [1.807, 2.05) is 11.8 Å². The van der Waals surface area contributed by atoms with Gasteiger partial charge in [-0.15, -0.1) is 11.3 Å². The van der Waals surface area contributed by atoms with Crippen LogP contribution in [0.25, 0.3) is 0 Å². The summed E-state index contributed by atoms with van der Waals surface area (Å²) in [5.41, 5.74) is 7.21. The lowest BCUT2D eigenvalue weighted by Crippen LogP contribution is -2.43. The molecule has 0 bridgehead atoms. The molecule has 1 aromatic heterocycles. The third-order valence-electron chi connectivity index (χ3n) is 2.58. The van der Waals surface area contributed by atoms with E-state index in [1.54, 1.807) is 11.3 Å². The molecule has 0 spiro atoms. The lowest BCUT2D eigenvalue weighted by molar-refractivity contribution is 0.247. The predicted molar refractivity (Wildman–Crippen MR) is 59.0 cm³/mol. The molecule has 0 aromatic carbocycles. The standard InChI is InChI=1S/C9H14N2S2/c1-12-6-8-11-7(5-13-8)9(10)3-2-4-9/h5H,2-4,6,10H2,1H3. The molecule has 0 atom stereocenters. The van der Waals surface area contributed by atoms with Gasteiger partial charge < -0.3 is 5.73 Å². The molecule has 1 fully saturated rings. The van der Waals surface area contributed by atoms with Crippen molar-refractivity contribution < 1.29 is 0 Å². The molecule has 1 heterocycles. The minimum absolute atomic E-state index is 0.0762. The molecule has 1 aromatic rings. The van der Waals surface area contributed by atoms with Gasteiger partial charge >= 0.3 is 0 Å². The van der Waals surface area contributed by atoms with Gasteiger partial charge in [0.15, 0.2) is 0 Å². The van der Waals surface area contributed by atoms with Crippen LogP contribution in [0.15, 0.2) is 5.38 Å². The van der Waals surface area contributed by atoms with Gasteiger partial charge in [-0.3, -0.25) is 0 Å². The van der Waals surface area contributed by atoms with Crippen LogP contribution in [0.2, 0.25) is 0 Å². The first kappa shape index (κ1) is 9.49. The highest BCUT2D eigenvalue weighted by Gasteiger charge is 2.36. The minimum Gasteiger partial charge on any atom is -0.320 e.